The molecule has 3 heterocycles. The van der Waals surface area contributed by atoms with Crippen LogP contribution in [0.2, 0.25) is 0 Å². The van der Waals surface area contributed by atoms with Gasteiger partial charge in [-0.2, -0.15) is 0 Å². The summed E-state index contributed by atoms with van der Waals surface area (Å²) in [5.41, 5.74) is 1.43. The summed E-state index contributed by atoms with van der Waals surface area (Å²) in [5, 5.41) is 21.0. The summed E-state index contributed by atoms with van der Waals surface area (Å²) in [6.07, 6.45) is 2.38. The fraction of sp³-hybridized carbons (Fsp3) is 0.333. The van der Waals surface area contributed by atoms with Crippen molar-refractivity contribution in [3.63, 3.8) is 0 Å². The van der Waals surface area contributed by atoms with E-state index in [1.165, 1.54) is 11.2 Å². The van der Waals surface area contributed by atoms with Gasteiger partial charge in [-0.3, -0.25) is 10.1 Å². The summed E-state index contributed by atoms with van der Waals surface area (Å²) in [7, 11) is 0. The molecule has 0 aliphatic carbocycles. The summed E-state index contributed by atoms with van der Waals surface area (Å²) < 4.78 is 0. The second kappa shape index (κ2) is 7.85. The molecule has 27 heavy (non-hydrogen) atoms. The van der Waals surface area contributed by atoms with Crippen LogP contribution >= 0.6 is 11.3 Å². The number of nitro benzene ring substituents is 1. The molecule has 0 unspecified atom stereocenters. The third-order valence-electron chi connectivity index (χ3n) is 4.63. The Hall–Kier alpha value is -2.78. The van der Waals surface area contributed by atoms with Crippen LogP contribution in [0.3, 0.4) is 0 Å². The lowest BCUT2D eigenvalue weighted by atomic mass is 10.1. The van der Waals surface area contributed by atoms with Crippen molar-refractivity contribution in [3.05, 3.63) is 51.0 Å². The van der Waals surface area contributed by atoms with Crippen LogP contribution in [-0.2, 0) is 6.42 Å². The molecule has 2 aromatic heterocycles. The Morgan fingerprint density at radius 1 is 1.30 bits per heavy atom. The molecule has 3 aromatic rings. The first-order chi connectivity index (χ1) is 13.2. The first-order valence-electron chi connectivity index (χ1n) is 8.87. The maximum absolute atomic E-state index is 11.7. The van der Waals surface area contributed by atoms with E-state index in [1.54, 1.807) is 17.4 Å². The van der Waals surface area contributed by atoms with E-state index in [-0.39, 0.29) is 10.6 Å². The van der Waals surface area contributed by atoms with Crippen molar-refractivity contribution in [2.75, 3.05) is 42.9 Å². The molecule has 0 bridgehead atoms. The fourth-order valence-electron chi connectivity index (χ4n) is 3.29. The van der Waals surface area contributed by atoms with Crippen molar-refractivity contribution in [2.24, 2.45) is 0 Å². The number of nitro groups is 1. The normalized spacial score (nSPS) is 14.4. The van der Waals surface area contributed by atoms with Crippen molar-refractivity contribution < 1.29 is 4.92 Å². The third-order valence-corrected chi connectivity index (χ3v) is 5.57. The van der Waals surface area contributed by atoms with E-state index in [1.807, 2.05) is 17.0 Å². The van der Waals surface area contributed by atoms with Gasteiger partial charge in [0.2, 0.25) is 0 Å². The minimum absolute atomic E-state index is 0.0977. The lowest BCUT2D eigenvalue weighted by Gasteiger charge is -2.29. The molecule has 4 rings (SSSR count). The maximum Gasteiger partial charge on any atom is 0.293 e. The van der Waals surface area contributed by atoms with E-state index in [0.717, 1.165) is 32.6 Å². The standard InChI is InChI=1S/C18H20N6O2S/c25-24(26)17-10-14-15(11-16(17)23-7-5-19-6-8-23)21-12-22-18(14)20-4-3-13-2-1-9-27-13/h1-2,9-12,19H,3-8H2,(H,20,21,22). The van der Waals surface area contributed by atoms with Gasteiger partial charge in [-0.15, -0.1) is 11.3 Å². The van der Waals surface area contributed by atoms with Crippen LogP contribution in [0.1, 0.15) is 4.88 Å². The van der Waals surface area contributed by atoms with Gasteiger partial charge in [0.1, 0.15) is 17.8 Å². The first-order valence-corrected chi connectivity index (χ1v) is 9.75. The zero-order valence-electron chi connectivity index (χ0n) is 14.7. The predicted molar refractivity (Wildman–Crippen MR) is 108 cm³/mol. The highest BCUT2D eigenvalue weighted by Gasteiger charge is 2.23. The number of thiophene rings is 1. The topological polar surface area (TPSA) is 96.2 Å². The molecule has 9 heteroatoms. The first kappa shape index (κ1) is 17.6. The number of anilines is 2. The van der Waals surface area contributed by atoms with E-state index >= 15 is 0 Å². The molecule has 1 aliphatic rings. The minimum atomic E-state index is -0.320. The average Bonchev–Trinajstić information content (AvgIpc) is 3.21. The lowest BCUT2D eigenvalue weighted by Crippen LogP contribution is -2.43. The molecule has 2 N–H and O–H groups in total. The number of aromatic nitrogens is 2. The second-order valence-electron chi connectivity index (χ2n) is 6.33. The minimum Gasteiger partial charge on any atom is -0.369 e. The third kappa shape index (κ3) is 3.83. The number of nitrogens with one attached hydrogen (secondary N) is 2. The average molecular weight is 384 g/mol. The van der Waals surface area contributed by atoms with E-state index < -0.39 is 0 Å². The summed E-state index contributed by atoms with van der Waals surface area (Å²) >= 11 is 1.71. The zero-order valence-corrected chi connectivity index (χ0v) is 15.5. The Morgan fingerprint density at radius 2 is 2.15 bits per heavy atom. The van der Waals surface area contributed by atoms with E-state index in [2.05, 4.69) is 32.0 Å². The van der Waals surface area contributed by atoms with E-state index in [4.69, 9.17) is 0 Å². The molecule has 0 saturated carbocycles. The number of benzene rings is 1. The van der Waals surface area contributed by atoms with E-state index in [9.17, 15) is 10.1 Å². The molecule has 1 saturated heterocycles. The smallest absolute Gasteiger partial charge is 0.293 e. The summed E-state index contributed by atoms with van der Waals surface area (Å²) in [4.78, 5) is 23.3. The molecule has 140 valence electrons. The molecule has 0 amide bonds. The summed E-state index contributed by atoms with van der Waals surface area (Å²) in [5.74, 6) is 0.631. The maximum atomic E-state index is 11.7. The predicted octanol–water partition coefficient (Wildman–Crippen LogP) is 2.66. The molecule has 0 spiro atoms. The molecule has 1 fully saturated rings. The SMILES string of the molecule is O=[N+]([O-])c1cc2c(NCCc3cccs3)ncnc2cc1N1CCNCC1. The summed E-state index contributed by atoms with van der Waals surface area (Å²) in [6.45, 7) is 3.82. The quantitative estimate of drug-likeness (QED) is 0.498. The largest absolute Gasteiger partial charge is 0.369 e. The highest BCUT2D eigenvalue weighted by molar-refractivity contribution is 7.09. The molecular weight excluding hydrogens is 364 g/mol. The van der Waals surface area contributed by atoms with E-state index in [0.29, 0.717) is 29.0 Å². The Bertz CT molecular complexity index is 940. The number of fused-ring (bicyclic) bond motifs is 1. The van der Waals surface area contributed by atoms with Gasteiger partial charge in [-0.25, -0.2) is 9.97 Å². The Labute approximate surface area is 160 Å². The highest BCUT2D eigenvalue weighted by Crippen LogP contribution is 2.34. The van der Waals surface area contributed by atoms with Crippen LogP contribution < -0.4 is 15.5 Å². The fourth-order valence-corrected chi connectivity index (χ4v) is 3.99. The second-order valence-corrected chi connectivity index (χ2v) is 7.36. The van der Waals surface area contributed by atoms with Gasteiger partial charge >= 0.3 is 0 Å². The monoisotopic (exact) mass is 384 g/mol. The number of piperazine rings is 1. The van der Waals surface area contributed by atoms with Crippen LogP contribution in [-0.4, -0.2) is 47.6 Å². The summed E-state index contributed by atoms with van der Waals surface area (Å²) in [6, 6.07) is 7.53. The molecule has 1 aromatic carbocycles. The Kier molecular flexibility index (Phi) is 5.12. The van der Waals surface area contributed by atoms with Crippen LogP contribution in [0.5, 0.6) is 0 Å². The van der Waals surface area contributed by atoms with Crippen molar-refractivity contribution in [1.29, 1.82) is 0 Å². The lowest BCUT2D eigenvalue weighted by molar-refractivity contribution is -0.384. The number of nitrogens with zero attached hydrogens (tertiary/aromatic N) is 4. The highest BCUT2D eigenvalue weighted by atomic mass is 32.1. The number of hydrogen-bond acceptors (Lipinski definition) is 8. The van der Waals surface area contributed by atoms with Gasteiger partial charge in [-0.1, -0.05) is 6.07 Å². The number of hydrogen-bond donors (Lipinski definition) is 2. The zero-order chi connectivity index (χ0) is 18.6. The van der Waals surface area contributed by atoms with Crippen molar-refractivity contribution in [3.8, 4) is 0 Å². The Balaban J connectivity index is 1.65. The van der Waals surface area contributed by atoms with Gasteiger partial charge in [0, 0.05) is 49.1 Å². The van der Waals surface area contributed by atoms with Gasteiger partial charge in [-0.05, 0) is 23.9 Å². The molecule has 1 aliphatic heterocycles. The van der Waals surface area contributed by atoms with Crippen molar-refractivity contribution in [1.82, 2.24) is 15.3 Å². The van der Waals surface area contributed by atoms with Crippen LogP contribution in [0.4, 0.5) is 17.2 Å². The van der Waals surface area contributed by atoms with Crippen molar-refractivity contribution in [2.45, 2.75) is 6.42 Å². The van der Waals surface area contributed by atoms with Gasteiger partial charge in [0.25, 0.3) is 5.69 Å². The van der Waals surface area contributed by atoms with Gasteiger partial charge in [0.15, 0.2) is 0 Å². The molecule has 8 nitrogen and oxygen atoms in total. The number of rotatable bonds is 6. The molecule has 0 radical (unpaired) electrons. The molecule has 0 atom stereocenters. The van der Waals surface area contributed by atoms with Crippen LogP contribution in [0.25, 0.3) is 10.9 Å². The van der Waals surface area contributed by atoms with Crippen molar-refractivity contribution >= 4 is 39.4 Å². The van der Waals surface area contributed by atoms with Gasteiger partial charge < -0.3 is 15.5 Å². The Morgan fingerprint density at radius 3 is 2.89 bits per heavy atom. The van der Waals surface area contributed by atoms with Crippen LogP contribution in [0.15, 0.2) is 36.0 Å². The molecular formula is C18H20N6O2S. The van der Waals surface area contributed by atoms with Crippen LogP contribution in [0, 0.1) is 10.1 Å². The van der Waals surface area contributed by atoms with Gasteiger partial charge in [0.05, 0.1) is 10.4 Å².